The maximum atomic E-state index is 12.3. The molecule has 1 aromatic heterocycles. The molecular formula is C19H27N3O3. The van der Waals surface area contributed by atoms with Gasteiger partial charge in [-0.25, -0.2) is 0 Å². The van der Waals surface area contributed by atoms with Crippen molar-refractivity contribution in [1.82, 2.24) is 14.8 Å². The monoisotopic (exact) mass is 345 g/mol. The van der Waals surface area contributed by atoms with Gasteiger partial charge in [0.25, 0.3) is 5.91 Å². The van der Waals surface area contributed by atoms with Gasteiger partial charge in [-0.3, -0.25) is 14.6 Å². The van der Waals surface area contributed by atoms with E-state index in [0.29, 0.717) is 32.5 Å². The predicted molar refractivity (Wildman–Crippen MR) is 93.4 cm³/mol. The standard InChI is InChI=1S/C19H27N3O3/c1-2-16(23)18(25)21-11-7-19(8-12-21)6-3-17(24)22(14-19)13-15-4-9-20-10-5-15/h4-5,9-10,16,23H,2-3,6-8,11-14H2,1H3/t16-/m1/s1. The molecule has 0 radical (unpaired) electrons. The van der Waals surface area contributed by atoms with Gasteiger partial charge in [-0.2, -0.15) is 0 Å². The Morgan fingerprint density at radius 1 is 1.28 bits per heavy atom. The molecule has 0 bridgehead atoms. The number of nitrogens with zero attached hydrogens (tertiary/aromatic N) is 3. The third kappa shape index (κ3) is 4.00. The van der Waals surface area contributed by atoms with Crippen molar-refractivity contribution in [3.05, 3.63) is 30.1 Å². The van der Waals surface area contributed by atoms with E-state index in [-0.39, 0.29) is 17.2 Å². The van der Waals surface area contributed by atoms with Crippen LogP contribution in [0.4, 0.5) is 0 Å². The maximum Gasteiger partial charge on any atom is 0.251 e. The van der Waals surface area contributed by atoms with Gasteiger partial charge in [0.2, 0.25) is 5.91 Å². The Kier molecular flexibility index (Phi) is 5.37. The lowest BCUT2D eigenvalue weighted by molar-refractivity contribution is -0.147. The molecule has 0 saturated carbocycles. The molecule has 0 aliphatic carbocycles. The van der Waals surface area contributed by atoms with Crippen molar-refractivity contribution in [2.24, 2.45) is 5.41 Å². The Morgan fingerprint density at radius 2 is 1.96 bits per heavy atom. The van der Waals surface area contributed by atoms with Crippen molar-refractivity contribution < 1.29 is 14.7 Å². The van der Waals surface area contributed by atoms with Crippen LogP contribution in [0.1, 0.15) is 44.6 Å². The van der Waals surface area contributed by atoms with Gasteiger partial charge in [-0.05, 0) is 48.8 Å². The molecule has 1 aromatic rings. The number of rotatable bonds is 4. The molecule has 6 heteroatoms. The number of aliphatic hydroxyl groups is 1. The molecule has 1 spiro atoms. The van der Waals surface area contributed by atoms with E-state index in [0.717, 1.165) is 31.4 Å². The van der Waals surface area contributed by atoms with Crippen molar-refractivity contribution in [2.75, 3.05) is 19.6 Å². The Morgan fingerprint density at radius 3 is 2.60 bits per heavy atom. The molecule has 2 amide bonds. The van der Waals surface area contributed by atoms with Crippen LogP contribution in [0.25, 0.3) is 0 Å². The molecule has 2 fully saturated rings. The quantitative estimate of drug-likeness (QED) is 0.899. The van der Waals surface area contributed by atoms with Crippen LogP contribution in [0, 0.1) is 5.41 Å². The average molecular weight is 345 g/mol. The number of amides is 2. The number of hydrogen-bond acceptors (Lipinski definition) is 4. The van der Waals surface area contributed by atoms with E-state index in [1.807, 2.05) is 24.0 Å². The molecule has 136 valence electrons. The van der Waals surface area contributed by atoms with E-state index < -0.39 is 6.10 Å². The fourth-order valence-corrected chi connectivity index (χ4v) is 3.95. The van der Waals surface area contributed by atoms with Gasteiger partial charge in [0.1, 0.15) is 6.10 Å². The summed E-state index contributed by atoms with van der Waals surface area (Å²) in [6, 6.07) is 3.89. The highest BCUT2D eigenvalue weighted by Crippen LogP contribution is 2.40. The van der Waals surface area contributed by atoms with E-state index in [9.17, 15) is 14.7 Å². The minimum atomic E-state index is -0.884. The minimum Gasteiger partial charge on any atom is -0.383 e. The second-order valence-corrected chi connectivity index (χ2v) is 7.35. The number of likely N-dealkylation sites (tertiary alicyclic amines) is 2. The Labute approximate surface area is 148 Å². The molecule has 6 nitrogen and oxygen atoms in total. The number of carbonyl (C=O) groups is 2. The molecule has 3 rings (SSSR count). The average Bonchev–Trinajstić information content (AvgIpc) is 2.65. The zero-order valence-corrected chi connectivity index (χ0v) is 14.9. The number of aliphatic hydroxyl groups excluding tert-OH is 1. The Bertz CT molecular complexity index is 612. The first-order chi connectivity index (χ1) is 12.0. The van der Waals surface area contributed by atoms with Crippen LogP contribution in [0.5, 0.6) is 0 Å². The summed E-state index contributed by atoms with van der Waals surface area (Å²) in [6.07, 6.45) is 6.35. The van der Waals surface area contributed by atoms with Crippen LogP contribution in [-0.2, 0) is 16.1 Å². The number of aromatic nitrogens is 1. The first-order valence-electron chi connectivity index (χ1n) is 9.16. The Balaban J connectivity index is 1.61. The first-order valence-corrected chi connectivity index (χ1v) is 9.16. The van der Waals surface area contributed by atoms with Crippen molar-refractivity contribution in [1.29, 1.82) is 0 Å². The fourth-order valence-electron chi connectivity index (χ4n) is 3.95. The van der Waals surface area contributed by atoms with Crippen LogP contribution in [0.2, 0.25) is 0 Å². The van der Waals surface area contributed by atoms with Gasteiger partial charge in [-0.1, -0.05) is 6.92 Å². The second kappa shape index (κ2) is 7.52. The van der Waals surface area contributed by atoms with Crippen LogP contribution in [0.3, 0.4) is 0 Å². The summed E-state index contributed by atoms with van der Waals surface area (Å²) in [5, 5.41) is 9.77. The van der Waals surface area contributed by atoms with Gasteiger partial charge in [-0.15, -0.1) is 0 Å². The summed E-state index contributed by atoms with van der Waals surface area (Å²) in [4.78, 5) is 32.3. The fraction of sp³-hybridized carbons (Fsp3) is 0.632. The number of pyridine rings is 1. The van der Waals surface area contributed by atoms with Gasteiger partial charge in [0, 0.05) is 45.0 Å². The van der Waals surface area contributed by atoms with E-state index in [1.165, 1.54) is 0 Å². The van der Waals surface area contributed by atoms with Crippen LogP contribution < -0.4 is 0 Å². The topological polar surface area (TPSA) is 73.7 Å². The highest BCUT2D eigenvalue weighted by atomic mass is 16.3. The highest BCUT2D eigenvalue weighted by molar-refractivity contribution is 5.80. The summed E-state index contributed by atoms with van der Waals surface area (Å²) < 4.78 is 0. The smallest absolute Gasteiger partial charge is 0.251 e. The number of piperidine rings is 2. The first kappa shape index (κ1) is 17.9. The van der Waals surface area contributed by atoms with Gasteiger partial charge >= 0.3 is 0 Å². The lowest BCUT2D eigenvalue weighted by Gasteiger charge is -2.47. The maximum absolute atomic E-state index is 12.3. The minimum absolute atomic E-state index is 0.106. The lowest BCUT2D eigenvalue weighted by atomic mass is 9.72. The molecule has 1 N–H and O–H groups in total. The molecule has 3 heterocycles. The van der Waals surface area contributed by atoms with Gasteiger partial charge in [0.05, 0.1) is 0 Å². The van der Waals surface area contributed by atoms with Crippen molar-refractivity contribution in [3.8, 4) is 0 Å². The summed E-state index contributed by atoms with van der Waals surface area (Å²) >= 11 is 0. The van der Waals surface area contributed by atoms with Gasteiger partial charge < -0.3 is 14.9 Å². The molecule has 0 unspecified atom stereocenters. The van der Waals surface area contributed by atoms with Crippen LogP contribution in [0.15, 0.2) is 24.5 Å². The largest absolute Gasteiger partial charge is 0.383 e. The summed E-state index contributed by atoms with van der Waals surface area (Å²) in [5.74, 6) is 0.0558. The van der Waals surface area contributed by atoms with Crippen LogP contribution in [-0.4, -0.2) is 57.4 Å². The van der Waals surface area contributed by atoms with Crippen molar-refractivity contribution in [2.45, 2.75) is 51.7 Å². The van der Waals surface area contributed by atoms with E-state index in [2.05, 4.69) is 4.98 Å². The molecular weight excluding hydrogens is 318 g/mol. The summed E-state index contributed by atoms with van der Waals surface area (Å²) in [6.45, 7) is 4.55. The number of carbonyl (C=O) groups excluding carboxylic acids is 2. The number of hydrogen-bond donors (Lipinski definition) is 1. The lowest BCUT2D eigenvalue weighted by Crippen LogP contribution is -2.53. The molecule has 2 aliphatic rings. The van der Waals surface area contributed by atoms with Crippen LogP contribution >= 0.6 is 0 Å². The van der Waals surface area contributed by atoms with E-state index >= 15 is 0 Å². The van der Waals surface area contributed by atoms with Crippen molar-refractivity contribution >= 4 is 11.8 Å². The molecule has 25 heavy (non-hydrogen) atoms. The van der Waals surface area contributed by atoms with Crippen molar-refractivity contribution in [3.63, 3.8) is 0 Å². The molecule has 2 aliphatic heterocycles. The molecule has 0 aromatic carbocycles. The molecule has 2 saturated heterocycles. The van der Waals surface area contributed by atoms with E-state index in [1.54, 1.807) is 17.3 Å². The van der Waals surface area contributed by atoms with E-state index in [4.69, 9.17) is 0 Å². The molecule has 1 atom stereocenters. The summed E-state index contributed by atoms with van der Waals surface area (Å²) in [7, 11) is 0. The second-order valence-electron chi connectivity index (χ2n) is 7.35. The third-order valence-corrected chi connectivity index (χ3v) is 5.68. The zero-order valence-electron chi connectivity index (χ0n) is 14.9. The Hall–Kier alpha value is -1.95. The third-order valence-electron chi connectivity index (χ3n) is 5.68. The highest BCUT2D eigenvalue weighted by Gasteiger charge is 2.42. The summed E-state index contributed by atoms with van der Waals surface area (Å²) in [5.41, 5.74) is 1.20. The van der Waals surface area contributed by atoms with Gasteiger partial charge in [0.15, 0.2) is 0 Å². The zero-order chi connectivity index (χ0) is 17.9. The normalized spacial score (nSPS) is 21.4. The predicted octanol–water partition coefficient (Wildman–Crippen LogP) is 1.58. The SMILES string of the molecule is CC[C@@H](O)C(=O)N1CCC2(CCC(=O)N(Cc3ccncc3)C2)CC1.